The van der Waals surface area contributed by atoms with Crippen LogP contribution in [0.4, 0.5) is 0 Å². The van der Waals surface area contributed by atoms with E-state index in [9.17, 15) is 9.59 Å². The summed E-state index contributed by atoms with van der Waals surface area (Å²) >= 11 is 5.44. The normalized spacial score (nSPS) is 10.5. The maximum Gasteiger partial charge on any atom is 0.303 e. The van der Waals surface area contributed by atoms with Gasteiger partial charge in [-0.25, -0.2) is 0 Å². The second-order valence-electron chi connectivity index (χ2n) is 4.12. The van der Waals surface area contributed by atoms with E-state index in [0.29, 0.717) is 58.5 Å². The number of aliphatic carboxylic acids is 1. The van der Waals surface area contributed by atoms with Crippen molar-refractivity contribution < 1.29 is 28.9 Å². The summed E-state index contributed by atoms with van der Waals surface area (Å²) < 4.78 is 15.7. The quantitative estimate of drug-likeness (QED) is 0.339. The molecule has 0 fully saturated rings. The first-order chi connectivity index (χ1) is 10.2. The lowest BCUT2D eigenvalue weighted by Crippen LogP contribution is -2.25. The molecule has 0 bridgehead atoms. The van der Waals surface area contributed by atoms with Crippen LogP contribution in [-0.4, -0.2) is 69.0 Å². The van der Waals surface area contributed by atoms with Gasteiger partial charge in [0.05, 0.1) is 39.5 Å². The zero-order chi connectivity index (χ0) is 15.8. The van der Waals surface area contributed by atoms with E-state index >= 15 is 0 Å². The van der Waals surface area contributed by atoms with Gasteiger partial charge in [0.1, 0.15) is 0 Å². The van der Waals surface area contributed by atoms with E-state index in [2.05, 4.69) is 5.32 Å². The molecule has 0 radical (unpaired) electrons. The predicted octanol–water partition coefficient (Wildman–Crippen LogP) is 0.646. The number of hydrogen-bond acceptors (Lipinski definition) is 5. The SMILES string of the molecule is O=C(O)CCC(=O)NCCCOCCOCCOCCCl. The molecule has 0 atom stereocenters. The number of carbonyl (C=O) groups is 2. The fourth-order valence-electron chi connectivity index (χ4n) is 1.31. The zero-order valence-corrected chi connectivity index (χ0v) is 12.9. The first-order valence-electron chi connectivity index (χ1n) is 6.94. The molecule has 0 aliphatic carbocycles. The second-order valence-corrected chi connectivity index (χ2v) is 4.50. The first-order valence-corrected chi connectivity index (χ1v) is 7.48. The van der Waals surface area contributed by atoms with Crippen LogP contribution in [0.2, 0.25) is 0 Å². The van der Waals surface area contributed by atoms with Crippen LogP contribution in [-0.2, 0) is 23.8 Å². The van der Waals surface area contributed by atoms with E-state index in [1.807, 2.05) is 0 Å². The van der Waals surface area contributed by atoms with Crippen LogP contribution in [0.1, 0.15) is 19.3 Å². The average molecular weight is 326 g/mol. The fourth-order valence-corrected chi connectivity index (χ4v) is 1.42. The van der Waals surface area contributed by atoms with Crippen molar-refractivity contribution in [1.82, 2.24) is 5.32 Å². The number of ether oxygens (including phenoxy) is 3. The summed E-state index contributed by atoms with van der Waals surface area (Å²) in [5, 5.41) is 11.0. The Morgan fingerprint density at radius 1 is 0.905 bits per heavy atom. The number of rotatable bonds is 15. The van der Waals surface area contributed by atoms with Crippen molar-refractivity contribution in [3.63, 3.8) is 0 Å². The lowest BCUT2D eigenvalue weighted by molar-refractivity contribution is -0.138. The minimum Gasteiger partial charge on any atom is -0.481 e. The van der Waals surface area contributed by atoms with E-state index in [0.717, 1.165) is 0 Å². The third-order valence-electron chi connectivity index (χ3n) is 2.32. The van der Waals surface area contributed by atoms with E-state index in [-0.39, 0.29) is 18.7 Å². The molecule has 0 aromatic rings. The molecule has 0 aromatic carbocycles. The summed E-state index contributed by atoms with van der Waals surface area (Å²) in [7, 11) is 0. The summed E-state index contributed by atoms with van der Waals surface area (Å²) in [5.41, 5.74) is 0. The molecule has 0 heterocycles. The summed E-state index contributed by atoms with van der Waals surface area (Å²) in [6.45, 7) is 3.54. The minimum atomic E-state index is -0.971. The van der Waals surface area contributed by atoms with Crippen LogP contribution >= 0.6 is 11.6 Å². The molecule has 7 nitrogen and oxygen atoms in total. The van der Waals surface area contributed by atoms with Crippen molar-refractivity contribution >= 4 is 23.5 Å². The Kier molecular flexibility index (Phi) is 14.8. The number of carboxylic acid groups (broad SMARTS) is 1. The van der Waals surface area contributed by atoms with Crippen LogP contribution in [0.25, 0.3) is 0 Å². The Balaban J connectivity index is 3.12. The monoisotopic (exact) mass is 325 g/mol. The molecular weight excluding hydrogens is 302 g/mol. The van der Waals surface area contributed by atoms with Crippen molar-refractivity contribution in [1.29, 1.82) is 0 Å². The number of halogens is 1. The molecule has 124 valence electrons. The standard InChI is InChI=1S/C13H24ClNO6/c14-4-7-20-9-11-21-10-8-19-6-1-5-15-12(16)2-3-13(17)18/h1-11H2,(H,15,16)(H,17,18). The van der Waals surface area contributed by atoms with Crippen LogP contribution in [0.3, 0.4) is 0 Å². The van der Waals surface area contributed by atoms with Gasteiger partial charge >= 0.3 is 5.97 Å². The lowest BCUT2D eigenvalue weighted by atomic mass is 10.3. The number of alkyl halides is 1. The van der Waals surface area contributed by atoms with Gasteiger partial charge in [0.2, 0.25) is 5.91 Å². The molecule has 0 spiro atoms. The third-order valence-corrected chi connectivity index (χ3v) is 2.47. The lowest BCUT2D eigenvalue weighted by Gasteiger charge is -2.07. The molecular formula is C13H24ClNO6. The Labute approximate surface area is 129 Å². The molecule has 0 saturated heterocycles. The van der Waals surface area contributed by atoms with Crippen molar-refractivity contribution in [2.75, 3.05) is 52.1 Å². The van der Waals surface area contributed by atoms with Gasteiger partial charge in [0, 0.05) is 25.5 Å². The van der Waals surface area contributed by atoms with Crippen molar-refractivity contribution in [3.05, 3.63) is 0 Å². The van der Waals surface area contributed by atoms with E-state index in [1.54, 1.807) is 0 Å². The van der Waals surface area contributed by atoms with Gasteiger partial charge in [-0.15, -0.1) is 11.6 Å². The highest BCUT2D eigenvalue weighted by Crippen LogP contribution is 1.89. The van der Waals surface area contributed by atoms with Crippen molar-refractivity contribution in [3.8, 4) is 0 Å². The number of carboxylic acids is 1. The molecule has 2 N–H and O–H groups in total. The van der Waals surface area contributed by atoms with Gasteiger partial charge < -0.3 is 24.6 Å². The molecule has 0 unspecified atom stereocenters. The Hall–Kier alpha value is -0.890. The van der Waals surface area contributed by atoms with Gasteiger partial charge in [0.15, 0.2) is 0 Å². The molecule has 0 aliphatic rings. The maximum atomic E-state index is 11.2. The highest BCUT2D eigenvalue weighted by Gasteiger charge is 2.03. The summed E-state index contributed by atoms with van der Waals surface area (Å²) in [4.78, 5) is 21.4. The Morgan fingerprint density at radius 2 is 1.48 bits per heavy atom. The molecule has 0 aliphatic heterocycles. The average Bonchev–Trinajstić information content (AvgIpc) is 2.46. The van der Waals surface area contributed by atoms with Crippen molar-refractivity contribution in [2.45, 2.75) is 19.3 Å². The minimum absolute atomic E-state index is 0.00974. The maximum absolute atomic E-state index is 11.2. The fraction of sp³-hybridized carbons (Fsp3) is 0.846. The third kappa shape index (κ3) is 17.1. The first kappa shape index (κ1) is 20.1. The van der Waals surface area contributed by atoms with Gasteiger partial charge in [-0.1, -0.05) is 0 Å². The molecule has 0 aromatic heterocycles. The van der Waals surface area contributed by atoms with E-state index in [1.165, 1.54) is 0 Å². The smallest absolute Gasteiger partial charge is 0.303 e. The molecule has 0 saturated carbocycles. The highest BCUT2D eigenvalue weighted by atomic mass is 35.5. The van der Waals surface area contributed by atoms with Gasteiger partial charge in [-0.2, -0.15) is 0 Å². The van der Waals surface area contributed by atoms with Crippen LogP contribution in [0.5, 0.6) is 0 Å². The highest BCUT2D eigenvalue weighted by molar-refractivity contribution is 6.17. The van der Waals surface area contributed by atoms with Crippen molar-refractivity contribution in [2.24, 2.45) is 0 Å². The Morgan fingerprint density at radius 3 is 2.05 bits per heavy atom. The number of carbonyl (C=O) groups excluding carboxylic acids is 1. The van der Waals surface area contributed by atoms with Crippen LogP contribution in [0, 0.1) is 0 Å². The number of hydrogen-bond donors (Lipinski definition) is 2. The molecule has 1 amide bonds. The molecule has 21 heavy (non-hydrogen) atoms. The summed E-state index contributed by atoms with van der Waals surface area (Å²) in [6.07, 6.45) is 0.543. The predicted molar refractivity (Wildman–Crippen MR) is 77.7 cm³/mol. The second kappa shape index (κ2) is 15.5. The Bertz CT molecular complexity index is 277. The zero-order valence-electron chi connectivity index (χ0n) is 12.1. The number of amides is 1. The van der Waals surface area contributed by atoms with Crippen LogP contribution < -0.4 is 5.32 Å². The summed E-state index contributed by atoms with van der Waals surface area (Å²) in [6, 6.07) is 0. The van der Waals surface area contributed by atoms with Gasteiger partial charge in [-0.3, -0.25) is 9.59 Å². The van der Waals surface area contributed by atoms with Crippen LogP contribution in [0.15, 0.2) is 0 Å². The molecule has 8 heteroatoms. The topological polar surface area (TPSA) is 94.1 Å². The van der Waals surface area contributed by atoms with E-state index in [4.69, 9.17) is 30.9 Å². The summed E-state index contributed by atoms with van der Waals surface area (Å²) in [5.74, 6) is -0.741. The van der Waals surface area contributed by atoms with E-state index < -0.39 is 5.97 Å². The van der Waals surface area contributed by atoms with Gasteiger partial charge in [0.25, 0.3) is 0 Å². The van der Waals surface area contributed by atoms with Gasteiger partial charge in [-0.05, 0) is 6.42 Å². The number of nitrogens with one attached hydrogen (secondary N) is 1. The molecule has 0 rings (SSSR count). The largest absolute Gasteiger partial charge is 0.481 e.